The Labute approximate surface area is 186 Å². The molecule has 1 N–H and O–H groups in total. The molecule has 0 aliphatic heterocycles. The number of carbonyl (C=O) groups is 1. The van der Waals surface area contributed by atoms with E-state index >= 15 is 0 Å². The largest absolute Gasteiger partial charge is 0.412 e. The Bertz CT molecular complexity index is 945. The number of nitrogens with one attached hydrogen (secondary N) is 1. The molecule has 0 aromatic heterocycles. The van der Waals surface area contributed by atoms with Gasteiger partial charge in [0.15, 0.2) is 8.32 Å². The number of amides is 1. The minimum atomic E-state index is -2.02. The first-order chi connectivity index (χ1) is 13.9. The van der Waals surface area contributed by atoms with Gasteiger partial charge in [-0.05, 0) is 66.7 Å². The molecular formula is C23H28BrF2NO2Si. The highest BCUT2D eigenvalue weighted by molar-refractivity contribution is 9.10. The Morgan fingerprint density at radius 2 is 1.80 bits per heavy atom. The second kappa shape index (κ2) is 8.52. The summed E-state index contributed by atoms with van der Waals surface area (Å²) >= 11 is 3.51. The molecule has 0 radical (unpaired) electrons. The van der Waals surface area contributed by atoms with Crippen LogP contribution in [0.15, 0.2) is 34.8 Å². The molecular weight excluding hydrogens is 468 g/mol. The molecule has 0 bridgehead atoms. The zero-order valence-electron chi connectivity index (χ0n) is 18.0. The van der Waals surface area contributed by atoms with Crippen LogP contribution in [0.25, 0.3) is 0 Å². The average Bonchev–Trinajstić information content (AvgIpc) is 3.44. The molecule has 162 valence electrons. The zero-order chi connectivity index (χ0) is 22.3. The van der Waals surface area contributed by atoms with E-state index in [2.05, 4.69) is 55.1 Å². The first kappa shape index (κ1) is 23.1. The van der Waals surface area contributed by atoms with Crippen LogP contribution >= 0.6 is 15.9 Å². The van der Waals surface area contributed by atoms with Crippen LogP contribution in [-0.2, 0) is 11.0 Å². The van der Waals surface area contributed by atoms with Crippen molar-refractivity contribution in [2.45, 2.75) is 64.3 Å². The molecule has 7 heteroatoms. The van der Waals surface area contributed by atoms with Crippen molar-refractivity contribution in [1.82, 2.24) is 0 Å². The maximum Gasteiger partial charge on any atom is 0.261 e. The highest BCUT2D eigenvalue weighted by Crippen LogP contribution is 2.41. The van der Waals surface area contributed by atoms with Gasteiger partial charge in [0, 0.05) is 15.7 Å². The van der Waals surface area contributed by atoms with Crippen molar-refractivity contribution in [2.75, 3.05) is 5.32 Å². The minimum Gasteiger partial charge on any atom is -0.412 e. The fourth-order valence-corrected chi connectivity index (χ4v) is 4.36. The number of anilines is 1. The Kier molecular flexibility index (Phi) is 6.56. The lowest BCUT2D eigenvalue weighted by Crippen LogP contribution is -2.40. The van der Waals surface area contributed by atoms with Crippen LogP contribution in [0, 0.1) is 11.6 Å². The van der Waals surface area contributed by atoms with Gasteiger partial charge in [-0.1, -0.05) is 42.8 Å². The summed E-state index contributed by atoms with van der Waals surface area (Å²) in [4.78, 5) is 12.7. The van der Waals surface area contributed by atoms with E-state index in [1.165, 1.54) is 12.1 Å². The molecule has 30 heavy (non-hydrogen) atoms. The molecule has 3 rings (SSSR count). The third-order valence-corrected chi connectivity index (χ3v) is 11.3. The second-order valence-electron chi connectivity index (χ2n) is 9.40. The van der Waals surface area contributed by atoms with Gasteiger partial charge in [0.05, 0.1) is 6.61 Å². The monoisotopic (exact) mass is 495 g/mol. The number of hydrogen-bond acceptors (Lipinski definition) is 2. The number of halogens is 3. The third kappa shape index (κ3) is 5.01. The van der Waals surface area contributed by atoms with E-state index in [1.54, 1.807) is 12.1 Å². The van der Waals surface area contributed by atoms with Crippen LogP contribution in [-0.4, -0.2) is 14.2 Å². The van der Waals surface area contributed by atoms with E-state index in [9.17, 15) is 13.6 Å². The van der Waals surface area contributed by atoms with Crippen molar-refractivity contribution in [3.63, 3.8) is 0 Å². The Morgan fingerprint density at radius 1 is 1.20 bits per heavy atom. The van der Waals surface area contributed by atoms with Gasteiger partial charge in [0.1, 0.15) is 17.2 Å². The molecule has 0 unspecified atom stereocenters. The van der Waals surface area contributed by atoms with Crippen LogP contribution < -0.4 is 5.32 Å². The maximum absolute atomic E-state index is 14.5. The number of benzene rings is 2. The summed E-state index contributed by atoms with van der Waals surface area (Å²) < 4.78 is 36.1. The molecule has 2 aromatic rings. The Hall–Kier alpha value is -1.57. The first-order valence-corrected chi connectivity index (χ1v) is 13.8. The van der Waals surface area contributed by atoms with Crippen molar-refractivity contribution >= 4 is 35.8 Å². The molecule has 1 saturated carbocycles. The zero-order valence-corrected chi connectivity index (χ0v) is 20.6. The van der Waals surface area contributed by atoms with Crippen LogP contribution in [0.5, 0.6) is 0 Å². The van der Waals surface area contributed by atoms with Crippen molar-refractivity contribution < 1.29 is 18.0 Å². The average molecular weight is 496 g/mol. The van der Waals surface area contributed by atoms with Crippen molar-refractivity contribution in [1.29, 1.82) is 0 Å². The summed E-state index contributed by atoms with van der Waals surface area (Å²) in [5, 5.41) is 2.71. The summed E-state index contributed by atoms with van der Waals surface area (Å²) in [6.45, 7) is 11.0. The maximum atomic E-state index is 14.5. The molecule has 0 heterocycles. The van der Waals surface area contributed by atoms with Gasteiger partial charge in [-0.2, -0.15) is 0 Å². The van der Waals surface area contributed by atoms with Gasteiger partial charge < -0.3 is 9.74 Å². The minimum absolute atomic E-state index is 0.0349. The van der Waals surface area contributed by atoms with E-state index in [0.29, 0.717) is 17.9 Å². The van der Waals surface area contributed by atoms with E-state index in [-0.39, 0.29) is 11.0 Å². The van der Waals surface area contributed by atoms with Crippen LogP contribution in [0.1, 0.15) is 61.0 Å². The first-order valence-electron chi connectivity index (χ1n) is 10.1. The summed E-state index contributed by atoms with van der Waals surface area (Å²) in [5.41, 5.74) is 1.27. The molecule has 2 aromatic carbocycles. The predicted octanol–water partition coefficient (Wildman–Crippen LogP) is 7.38. The van der Waals surface area contributed by atoms with E-state index < -0.39 is 31.4 Å². The number of carbonyl (C=O) groups excluding carboxylic acids is 1. The topological polar surface area (TPSA) is 38.3 Å². The Balaban J connectivity index is 1.84. The summed E-state index contributed by atoms with van der Waals surface area (Å²) in [6.07, 6.45) is 1.86. The lowest BCUT2D eigenvalue weighted by atomic mass is 10.1. The normalized spacial score (nSPS) is 14.7. The molecule has 0 atom stereocenters. The van der Waals surface area contributed by atoms with Gasteiger partial charge in [-0.15, -0.1) is 0 Å². The van der Waals surface area contributed by atoms with Crippen LogP contribution in [0.2, 0.25) is 18.1 Å². The van der Waals surface area contributed by atoms with Gasteiger partial charge >= 0.3 is 0 Å². The standard InChI is InChI=1S/C23H28BrF2NO2Si/c1-23(2,3)30(4,5)29-13-16-17(24)7-6-8-20(16)27-22(28)21-18(25)11-15(12-19(21)26)14-9-10-14/h6-8,11-12,14H,9-10,13H2,1-5H3,(H,27,28). The molecule has 1 aliphatic rings. The van der Waals surface area contributed by atoms with E-state index in [4.69, 9.17) is 4.43 Å². The number of rotatable bonds is 6. The van der Waals surface area contributed by atoms with Crippen molar-refractivity contribution in [2.24, 2.45) is 0 Å². The van der Waals surface area contributed by atoms with E-state index in [0.717, 1.165) is 22.9 Å². The Morgan fingerprint density at radius 3 is 2.33 bits per heavy atom. The molecule has 0 saturated heterocycles. The number of hydrogen-bond donors (Lipinski definition) is 1. The molecule has 1 fully saturated rings. The quantitative estimate of drug-likeness (QED) is 0.424. The SMILES string of the molecule is CC(C)(C)[Si](C)(C)OCc1c(Br)cccc1NC(=O)c1c(F)cc(C2CC2)cc1F. The van der Waals surface area contributed by atoms with E-state index in [1.807, 2.05) is 6.07 Å². The lowest BCUT2D eigenvalue weighted by Gasteiger charge is -2.36. The van der Waals surface area contributed by atoms with Crippen molar-refractivity contribution in [3.8, 4) is 0 Å². The highest BCUT2D eigenvalue weighted by atomic mass is 79.9. The predicted molar refractivity (Wildman–Crippen MR) is 122 cm³/mol. The van der Waals surface area contributed by atoms with Gasteiger partial charge in [-0.3, -0.25) is 4.79 Å². The van der Waals surface area contributed by atoms with Gasteiger partial charge in [0.2, 0.25) is 0 Å². The molecule has 0 spiro atoms. The molecule has 3 nitrogen and oxygen atoms in total. The lowest BCUT2D eigenvalue weighted by molar-refractivity contribution is 0.101. The fraction of sp³-hybridized carbons (Fsp3) is 0.435. The smallest absolute Gasteiger partial charge is 0.261 e. The van der Waals surface area contributed by atoms with Crippen LogP contribution in [0.3, 0.4) is 0 Å². The van der Waals surface area contributed by atoms with Gasteiger partial charge in [-0.25, -0.2) is 8.78 Å². The van der Waals surface area contributed by atoms with Crippen molar-refractivity contribution in [3.05, 3.63) is 63.1 Å². The van der Waals surface area contributed by atoms with Crippen LogP contribution in [0.4, 0.5) is 14.5 Å². The molecule has 1 amide bonds. The van der Waals surface area contributed by atoms with Gasteiger partial charge in [0.25, 0.3) is 5.91 Å². The third-order valence-electron chi connectivity index (χ3n) is 6.09. The summed E-state index contributed by atoms with van der Waals surface area (Å²) in [5.74, 6) is -2.26. The second-order valence-corrected chi connectivity index (χ2v) is 15.1. The summed E-state index contributed by atoms with van der Waals surface area (Å²) in [7, 11) is -2.02. The summed E-state index contributed by atoms with van der Waals surface area (Å²) in [6, 6.07) is 7.88. The molecule has 1 aliphatic carbocycles. The highest BCUT2D eigenvalue weighted by Gasteiger charge is 2.37. The fourth-order valence-electron chi connectivity index (χ4n) is 2.94.